The molecule has 4 nitrogen and oxygen atoms in total. The van der Waals surface area contributed by atoms with Crippen LogP contribution in [0.4, 0.5) is 0 Å². The monoisotopic (exact) mass is 314 g/mol. The number of aryl methyl sites for hydroxylation is 1. The molecule has 4 heteroatoms. The largest absolute Gasteiger partial charge is 0.353 e. The lowest BCUT2D eigenvalue weighted by molar-refractivity contribution is -0.129. The summed E-state index contributed by atoms with van der Waals surface area (Å²) in [6.45, 7) is 3.35. The van der Waals surface area contributed by atoms with E-state index in [4.69, 9.17) is 0 Å². The number of carbonyl (C=O) groups excluding carboxylic acids is 2. The summed E-state index contributed by atoms with van der Waals surface area (Å²) in [6, 6.07) is 8.75. The standard InChI is InChI=1S/C19H26N2O2/c1-14-6-8-15(9-7-14)10-11-21-13-16(12-18(21)22)19(23)20-17-4-2-3-5-17/h6-9,16-17H,2-5,10-13H2,1H3,(H,20,23)/t16-/m1/s1. The number of nitrogens with zero attached hydrogens (tertiary/aromatic N) is 1. The highest BCUT2D eigenvalue weighted by atomic mass is 16.2. The molecule has 2 fully saturated rings. The molecule has 1 aromatic carbocycles. The zero-order valence-electron chi connectivity index (χ0n) is 13.9. The third kappa shape index (κ3) is 4.12. The van der Waals surface area contributed by atoms with Crippen molar-refractivity contribution in [1.29, 1.82) is 0 Å². The molecule has 1 aliphatic heterocycles. The number of benzene rings is 1. The minimum atomic E-state index is -0.166. The Kier molecular flexibility index (Phi) is 4.99. The molecule has 1 saturated carbocycles. The Bertz CT molecular complexity index is 561. The number of rotatable bonds is 5. The molecule has 1 atom stereocenters. The first-order chi connectivity index (χ1) is 11.1. The van der Waals surface area contributed by atoms with Crippen LogP contribution in [0.1, 0.15) is 43.2 Å². The van der Waals surface area contributed by atoms with Crippen molar-refractivity contribution in [3.63, 3.8) is 0 Å². The number of hydrogen-bond acceptors (Lipinski definition) is 2. The summed E-state index contributed by atoms with van der Waals surface area (Å²) >= 11 is 0. The second-order valence-corrected chi connectivity index (χ2v) is 6.97. The first kappa shape index (κ1) is 16.0. The summed E-state index contributed by atoms with van der Waals surface area (Å²) in [5.41, 5.74) is 2.48. The molecule has 2 amide bonds. The van der Waals surface area contributed by atoms with Crippen molar-refractivity contribution in [2.24, 2.45) is 5.92 Å². The van der Waals surface area contributed by atoms with Gasteiger partial charge in [0.1, 0.15) is 0 Å². The molecule has 1 N–H and O–H groups in total. The van der Waals surface area contributed by atoms with Gasteiger partial charge in [0.15, 0.2) is 0 Å². The lowest BCUT2D eigenvalue weighted by Gasteiger charge is -2.18. The van der Waals surface area contributed by atoms with Gasteiger partial charge in [-0.2, -0.15) is 0 Å². The Hall–Kier alpha value is -1.84. The van der Waals surface area contributed by atoms with E-state index in [0.717, 1.165) is 19.3 Å². The van der Waals surface area contributed by atoms with Crippen LogP contribution in [0.2, 0.25) is 0 Å². The number of likely N-dealkylation sites (tertiary alicyclic amines) is 1. The van der Waals surface area contributed by atoms with Crippen molar-refractivity contribution < 1.29 is 9.59 Å². The fourth-order valence-corrected chi connectivity index (χ4v) is 3.57. The fourth-order valence-electron chi connectivity index (χ4n) is 3.57. The molecule has 1 aromatic rings. The molecule has 0 unspecified atom stereocenters. The van der Waals surface area contributed by atoms with Crippen molar-refractivity contribution in [1.82, 2.24) is 10.2 Å². The Morgan fingerprint density at radius 1 is 1.22 bits per heavy atom. The van der Waals surface area contributed by atoms with E-state index < -0.39 is 0 Å². The molecule has 23 heavy (non-hydrogen) atoms. The van der Waals surface area contributed by atoms with Gasteiger partial charge >= 0.3 is 0 Å². The average Bonchev–Trinajstić information content (AvgIpc) is 3.16. The Morgan fingerprint density at radius 3 is 2.61 bits per heavy atom. The van der Waals surface area contributed by atoms with Crippen molar-refractivity contribution in [2.45, 2.75) is 51.5 Å². The summed E-state index contributed by atoms with van der Waals surface area (Å²) in [7, 11) is 0. The molecule has 1 saturated heterocycles. The van der Waals surface area contributed by atoms with E-state index >= 15 is 0 Å². The zero-order chi connectivity index (χ0) is 16.2. The van der Waals surface area contributed by atoms with Gasteiger partial charge in [-0.1, -0.05) is 42.7 Å². The van der Waals surface area contributed by atoms with Gasteiger partial charge in [0.25, 0.3) is 0 Å². The second kappa shape index (κ2) is 7.16. The molecular weight excluding hydrogens is 288 g/mol. The van der Waals surface area contributed by atoms with Gasteiger partial charge in [-0.3, -0.25) is 9.59 Å². The number of amides is 2. The summed E-state index contributed by atoms with van der Waals surface area (Å²) in [4.78, 5) is 26.3. The van der Waals surface area contributed by atoms with E-state index in [0.29, 0.717) is 25.6 Å². The van der Waals surface area contributed by atoms with E-state index in [2.05, 4.69) is 36.5 Å². The Labute approximate surface area is 138 Å². The minimum absolute atomic E-state index is 0.0723. The predicted octanol–water partition coefficient (Wildman–Crippen LogP) is 2.44. The van der Waals surface area contributed by atoms with Crippen LogP contribution in [0.3, 0.4) is 0 Å². The van der Waals surface area contributed by atoms with Crippen LogP contribution in [0.15, 0.2) is 24.3 Å². The van der Waals surface area contributed by atoms with Crippen molar-refractivity contribution >= 4 is 11.8 Å². The molecule has 0 radical (unpaired) electrons. The van der Waals surface area contributed by atoms with Crippen LogP contribution in [0.25, 0.3) is 0 Å². The lowest BCUT2D eigenvalue weighted by Crippen LogP contribution is -2.38. The van der Waals surface area contributed by atoms with E-state index in [9.17, 15) is 9.59 Å². The molecule has 0 bridgehead atoms. The highest BCUT2D eigenvalue weighted by Crippen LogP contribution is 2.22. The van der Waals surface area contributed by atoms with Gasteiger partial charge in [-0.25, -0.2) is 0 Å². The third-order valence-corrected chi connectivity index (χ3v) is 5.08. The Balaban J connectivity index is 1.48. The van der Waals surface area contributed by atoms with Gasteiger partial charge in [0, 0.05) is 25.6 Å². The van der Waals surface area contributed by atoms with Gasteiger partial charge in [0.05, 0.1) is 5.92 Å². The SMILES string of the molecule is Cc1ccc(CCN2C[C@H](C(=O)NC3CCCC3)CC2=O)cc1. The van der Waals surface area contributed by atoms with Crippen LogP contribution in [0, 0.1) is 12.8 Å². The van der Waals surface area contributed by atoms with Gasteiger partial charge in [-0.15, -0.1) is 0 Å². The summed E-state index contributed by atoms with van der Waals surface area (Å²) < 4.78 is 0. The van der Waals surface area contributed by atoms with Gasteiger partial charge in [0.2, 0.25) is 11.8 Å². The molecular formula is C19H26N2O2. The van der Waals surface area contributed by atoms with Crippen LogP contribution < -0.4 is 5.32 Å². The maximum absolute atomic E-state index is 12.3. The summed E-state index contributed by atoms with van der Waals surface area (Å²) in [5.74, 6) is 0.0212. The lowest BCUT2D eigenvalue weighted by atomic mass is 10.1. The highest BCUT2D eigenvalue weighted by Gasteiger charge is 2.34. The normalized spacial score (nSPS) is 21.9. The number of nitrogens with one attached hydrogen (secondary N) is 1. The molecule has 0 aromatic heterocycles. The van der Waals surface area contributed by atoms with E-state index in [1.54, 1.807) is 0 Å². The van der Waals surface area contributed by atoms with Crippen molar-refractivity contribution in [3.8, 4) is 0 Å². The maximum atomic E-state index is 12.3. The number of carbonyl (C=O) groups is 2. The maximum Gasteiger partial charge on any atom is 0.225 e. The first-order valence-electron chi connectivity index (χ1n) is 8.75. The van der Waals surface area contributed by atoms with Crippen LogP contribution in [0.5, 0.6) is 0 Å². The molecule has 3 rings (SSSR count). The van der Waals surface area contributed by atoms with E-state index in [1.165, 1.54) is 24.0 Å². The molecule has 1 heterocycles. The molecule has 2 aliphatic rings. The highest BCUT2D eigenvalue weighted by molar-refractivity contribution is 5.89. The fraction of sp³-hybridized carbons (Fsp3) is 0.579. The van der Waals surface area contributed by atoms with Crippen LogP contribution >= 0.6 is 0 Å². The first-order valence-corrected chi connectivity index (χ1v) is 8.75. The molecule has 124 valence electrons. The molecule has 0 spiro atoms. The summed E-state index contributed by atoms with van der Waals surface area (Å²) in [6.07, 6.45) is 5.80. The number of hydrogen-bond donors (Lipinski definition) is 1. The average molecular weight is 314 g/mol. The van der Waals surface area contributed by atoms with E-state index in [1.807, 2.05) is 4.90 Å². The van der Waals surface area contributed by atoms with Crippen molar-refractivity contribution in [2.75, 3.05) is 13.1 Å². The van der Waals surface area contributed by atoms with Gasteiger partial charge < -0.3 is 10.2 Å². The van der Waals surface area contributed by atoms with Crippen LogP contribution in [-0.2, 0) is 16.0 Å². The summed E-state index contributed by atoms with van der Waals surface area (Å²) in [5, 5.41) is 3.12. The quantitative estimate of drug-likeness (QED) is 0.907. The minimum Gasteiger partial charge on any atom is -0.353 e. The predicted molar refractivity (Wildman–Crippen MR) is 90.0 cm³/mol. The molecule has 1 aliphatic carbocycles. The second-order valence-electron chi connectivity index (χ2n) is 6.97. The van der Waals surface area contributed by atoms with Crippen molar-refractivity contribution in [3.05, 3.63) is 35.4 Å². The topological polar surface area (TPSA) is 49.4 Å². The smallest absolute Gasteiger partial charge is 0.225 e. The van der Waals surface area contributed by atoms with Gasteiger partial charge in [-0.05, 0) is 31.7 Å². The zero-order valence-corrected chi connectivity index (χ0v) is 13.9. The van der Waals surface area contributed by atoms with Crippen LogP contribution in [-0.4, -0.2) is 35.8 Å². The third-order valence-electron chi connectivity index (χ3n) is 5.08. The Morgan fingerprint density at radius 2 is 1.91 bits per heavy atom. The van der Waals surface area contributed by atoms with E-state index in [-0.39, 0.29) is 17.7 Å².